The van der Waals surface area contributed by atoms with Crippen LogP contribution in [0.4, 0.5) is 4.39 Å². The van der Waals surface area contributed by atoms with Gasteiger partial charge in [0.2, 0.25) is 0 Å². The van der Waals surface area contributed by atoms with E-state index in [-0.39, 0.29) is 18.2 Å². The van der Waals surface area contributed by atoms with Crippen molar-refractivity contribution in [2.45, 2.75) is 18.7 Å². The number of hydrogen-bond donors (Lipinski definition) is 0. The average molecular weight is 176 g/mol. The normalized spacial score (nSPS) is 12.4. The molecule has 1 aromatic rings. The molecule has 0 aliphatic heterocycles. The Morgan fingerprint density at radius 3 is 2.69 bits per heavy atom. The van der Waals surface area contributed by atoms with Gasteiger partial charge in [0.25, 0.3) is 0 Å². The molecule has 0 aliphatic rings. The monoisotopic (exact) mass is 176 g/mol. The van der Waals surface area contributed by atoms with Crippen molar-refractivity contribution in [1.82, 2.24) is 0 Å². The van der Waals surface area contributed by atoms with Crippen molar-refractivity contribution in [3.05, 3.63) is 35.6 Å². The molecule has 0 unspecified atom stereocenters. The molecule has 0 amide bonds. The lowest BCUT2D eigenvalue weighted by molar-refractivity contribution is -0.108. The van der Waals surface area contributed by atoms with E-state index in [0.717, 1.165) is 6.29 Å². The molecule has 0 aromatic heterocycles. The number of hydrogen-bond acceptors (Lipinski definition) is 1. The summed E-state index contributed by atoms with van der Waals surface area (Å²) in [5.74, 6) is -0.488. The van der Waals surface area contributed by atoms with Gasteiger partial charge in [-0.25, -0.2) is 4.39 Å². The zero-order chi connectivity index (χ0) is 9.68. The summed E-state index contributed by atoms with van der Waals surface area (Å²) < 4.78 is 13.2. The molecule has 13 heavy (non-hydrogen) atoms. The van der Waals surface area contributed by atoms with Crippen molar-refractivity contribution < 1.29 is 9.18 Å². The van der Waals surface area contributed by atoms with Gasteiger partial charge in [-0.05, 0) is 17.5 Å². The van der Waals surface area contributed by atoms with E-state index in [4.69, 9.17) is 7.85 Å². The molecule has 0 saturated heterocycles. The van der Waals surface area contributed by atoms with E-state index in [1.165, 1.54) is 6.07 Å². The highest BCUT2D eigenvalue weighted by molar-refractivity contribution is 6.09. The molecule has 1 atom stereocenters. The van der Waals surface area contributed by atoms with Gasteiger partial charge < -0.3 is 4.79 Å². The van der Waals surface area contributed by atoms with Crippen LogP contribution in [0.3, 0.4) is 0 Å². The first-order valence-corrected chi connectivity index (χ1v) is 4.17. The zero-order valence-corrected chi connectivity index (χ0v) is 7.24. The van der Waals surface area contributed by atoms with E-state index < -0.39 is 0 Å². The molecule has 1 rings (SSSR count). The molecule has 0 fully saturated rings. The van der Waals surface area contributed by atoms with Crippen molar-refractivity contribution in [3.63, 3.8) is 0 Å². The summed E-state index contributed by atoms with van der Waals surface area (Å²) >= 11 is 0. The van der Waals surface area contributed by atoms with Gasteiger partial charge >= 0.3 is 0 Å². The number of halogens is 1. The Labute approximate surface area is 78.4 Å². The lowest BCUT2D eigenvalue weighted by Crippen LogP contribution is -2.01. The minimum atomic E-state index is -0.292. The summed E-state index contributed by atoms with van der Waals surface area (Å²) in [5.41, 5.74) is 0.525. The first-order chi connectivity index (χ1) is 6.29. The molecule has 1 aromatic carbocycles. The molecule has 0 aliphatic carbocycles. The molecule has 0 heterocycles. The average Bonchev–Trinajstić information content (AvgIpc) is 2.16. The van der Waals surface area contributed by atoms with Gasteiger partial charge in [0.15, 0.2) is 0 Å². The summed E-state index contributed by atoms with van der Waals surface area (Å²) in [5, 5.41) is 0. The van der Waals surface area contributed by atoms with Crippen LogP contribution in [0.25, 0.3) is 0 Å². The standard InChI is InChI=1S/C10H10BFO/c11-7-8(5-6-13)9-3-1-2-4-10(9)12/h1-4,6,8H,5,7H2/t8-/m0/s1. The number of aldehydes is 1. The van der Waals surface area contributed by atoms with Crippen LogP contribution in [0.5, 0.6) is 0 Å². The van der Waals surface area contributed by atoms with Crippen molar-refractivity contribution in [3.8, 4) is 0 Å². The fraction of sp³-hybridized carbons (Fsp3) is 0.300. The van der Waals surface area contributed by atoms with E-state index in [0.29, 0.717) is 11.9 Å². The van der Waals surface area contributed by atoms with E-state index >= 15 is 0 Å². The van der Waals surface area contributed by atoms with Gasteiger partial charge in [0.05, 0.1) is 7.85 Å². The van der Waals surface area contributed by atoms with Crippen molar-refractivity contribution in [2.24, 2.45) is 0 Å². The Bertz CT molecular complexity index is 288. The van der Waals surface area contributed by atoms with Crippen LogP contribution >= 0.6 is 0 Å². The highest BCUT2D eigenvalue weighted by atomic mass is 19.1. The Morgan fingerprint density at radius 2 is 2.15 bits per heavy atom. The van der Waals surface area contributed by atoms with Crippen LogP contribution in [0.15, 0.2) is 24.3 Å². The summed E-state index contributed by atoms with van der Waals surface area (Å²) in [6.45, 7) is 0. The topological polar surface area (TPSA) is 17.1 Å². The van der Waals surface area contributed by atoms with Crippen LogP contribution in [-0.4, -0.2) is 14.1 Å². The smallest absolute Gasteiger partial charge is 0.126 e. The first kappa shape index (κ1) is 9.97. The maximum Gasteiger partial charge on any atom is 0.126 e. The van der Waals surface area contributed by atoms with Crippen LogP contribution < -0.4 is 0 Å². The summed E-state index contributed by atoms with van der Waals surface area (Å²) in [6.07, 6.45) is 1.33. The summed E-state index contributed by atoms with van der Waals surface area (Å²) in [7, 11) is 5.43. The fourth-order valence-electron chi connectivity index (χ4n) is 1.27. The number of carbonyl (C=O) groups excluding carboxylic acids is 1. The second-order valence-corrected chi connectivity index (χ2v) is 2.86. The predicted molar refractivity (Wildman–Crippen MR) is 50.4 cm³/mol. The molecule has 3 heteroatoms. The number of rotatable bonds is 4. The molecule has 0 bridgehead atoms. The summed E-state index contributed by atoms with van der Waals surface area (Å²) in [6, 6.07) is 6.40. The van der Waals surface area contributed by atoms with Gasteiger partial charge in [0.1, 0.15) is 12.1 Å². The van der Waals surface area contributed by atoms with Crippen LogP contribution in [0.2, 0.25) is 6.32 Å². The van der Waals surface area contributed by atoms with Crippen molar-refractivity contribution >= 4 is 14.1 Å². The highest BCUT2D eigenvalue weighted by Gasteiger charge is 2.11. The molecular weight excluding hydrogens is 166 g/mol. The number of carbonyl (C=O) groups is 1. The highest BCUT2D eigenvalue weighted by Crippen LogP contribution is 2.23. The predicted octanol–water partition coefficient (Wildman–Crippen LogP) is 2.09. The third kappa shape index (κ3) is 2.41. The second kappa shape index (κ2) is 4.80. The van der Waals surface area contributed by atoms with Crippen molar-refractivity contribution in [2.75, 3.05) is 0 Å². The van der Waals surface area contributed by atoms with Gasteiger partial charge in [-0.1, -0.05) is 24.5 Å². The van der Waals surface area contributed by atoms with Crippen LogP contribution in [-0.2, 0) is 4.79 Å². The maximum atomic E-state index is 13.2. The SMILES string of the molecule is [B]C[C@H](CC=O)c1ccccc1F. The Hall–Kier alpha value is -1.12. The molecule has 0 N–H and O–H groups in total. The van der Waals surface area contributed by atoms with Crippen molar-refractivity contribution in [1.29, 1.82) is 0 Å². The van der Waals surface area contributed by atoms with Crippen LogP contribution in [0, 0.1) is 5.82 Å². The number of benzene rings is 1. The van der Waals surface area contributed by atoms with Gasteiger partial charge in [-0.15, -0.1) is 0 Å². The Kier molecular flexibility index (Phi) is 3.68. The van der Waals surface area contributed by atoms with Gasteiger partial charge in [0, 0.05) is 6.42 Å². The second-order valence-electron chi connectivity index (χ2n) is 2.86. The van der Waals surface area contributed by atoms with Gasteiger partial charge in [-0.3, -0.25) is 0 Å². The minimum Gasteiger partial charge on any atom is -0.303 e. The molecule has 0 spiro atoms. The van der Waals surface area contributed by atoms with E-state index in [9.17, 15) is 9.18 Å². The third-order valence-corrected chi connectivity index (χ3v) is 2.01. The lowest BCUT2D eigenvalue weighted by atomic mass is 9.84. The largest absolute Gasteiger partial charge is 0.303 e. The molecule has 66 valence electrons. The fourth-order valence-corrected chi connectivity index (χ4v) is 1.27. The molecule has 0 saturated carbocycles. The maximum absolute atomic E-state index is 13.2. The molecule has 1 nitrogen and oxygen atoms in total. The Balaban J connectivity index is 2.90. The Morgan fingerprint density at radius 1 is 1.46 bits per heavy atom. The van der Waals surface area contributed by atoms with E-state index in [1.807, 2.05) is 0 Å². The quantitative estimate of drug-likeness (QED) is 0.507. The lowest BCUT2D eigenvalue weighted by Gasteiger charge is -2.12. The molecular formula is C10H10BFO. The van der Waals surface area contributed by atoms with E-state index in [1.54, 1.807) is 18.2 Å². The van der Waals surface area contributed by atoms with Gasteiger partial charge in [-0.2, -0.15) is 0 Å². The third-order valence-electron chi connectivity index (χ3n) is 2.01. The molecule has 2 radical (unpaired) electrons. The first-order valence-electron chi connectivity index (χ1n) is 4.17. The minimum absolute atomic E-state index is 0.196. The van der Waals surface area contributed by atoms with Crippen LogP contribution in [0.1, 0.15) is 17.9 Å². The van der Waals surface area contributed by atoms with E-state index in [2.05, 4.69) is 0 Å². The summed E-state index contributed by atoms with van der Waals surface area (Å²) in [4.78, 5) is 10.3. The zero-order valence-electron chi connectivity index (χ0n) is 7.24.